The lowest BCUT2D eigenvalue weighted by Gasteiger charge is -2.30. The van der Waals surface area contributed by atoms with E-state index in [-0.39, 0.29) is 12.1 Å². The second kappa shape index (κ2) is 2.88. The molecule has 0 atom stereocenters. The fourth-order valence-electron chi connectivity index (χ4n) is 0.801. The highest BCUT2D eigenvalue weighted by Gasteiger charge is 2.19. The van der Waals surface area contributed by atoms with Crippen molar-refractivity contribution in [3.05, 3.63) is 0 Å². The molecule has 0 spiro atoms. The van der Waals surface area contributed by atoms with Crippen molar-refractivity contribution < 1.29 is 9.53 Å². The van der Waals surface area contributed by atoms with Gasteiger partial charge in [-0.15, -0.1) is 0 Å². The summed E-state index contributed by atoms with van der Waals surface area (Å²) >= 11 is 0. The van der Waals surface area contributed by atoms with Crippen LogP contribution in [0.1, 0.15) is 13.8 Å². The number of nitrogens with zero attached hydrogens (tertiary/aromatic N) is 1. The molecule has 0 bridgehead atoms. The lowest BCUT2D eigenvalue weighted by atomic mass is 10.3. The summed E-state index contributed by atoms with van der Waals surface area (Å²) in [5.41, 5.74) is 0. The first-order chi connectivity index (χ1) is 4.72. The van der Waals surface area contributed by atoms with Crippen LogP contribution in [-0.2, 0) is 4.74 Å². The molecule has 1 aliphatic heterocycles. The van der Waals surface area contributed by atoms with Gasteiger partial charge in [0.2, 0.25) is 0 Å². The first-order valence-electron chi connectivity index (χ1n) is 3.34. The van der Waals surface area contributed by atoms with Crippen LogP contribution in [0.4, 0.5) is 4.79 Å². The lowest BCUT2D eigenvalue weighted by Crippen LogP contribution is -2.50. The molecule has 1 saturated heterocycles. The first kappa shape index (κ1) is 7.34. The first-order valence-corrected chi connectivity index (χ1v) is 3.34. The Morgan fingerprint density at radius 3 is 2.80 bits per heavy atom. The normalized spacial score (nSPS) is 19.5. The van der Waals surface area contributed by atoms with Gasteiger partial charge in [0.05, 0.1) is 0 Å². The van der Waals surface area contributed by atoms with E-state index in [1.807, 2.05) is 13.8 Å². The number of carbonyl (C=O) groups is 1. The Labute approximate surface area is 60.1 Å². The summed E-state index contributed by atoms with van der Waals surface area (Å²) in [5, 5.41) is 2.58. The molecule has 1 aliphatic rings. The number of urea groups is 1. The highest BCUT2D eigenvalue weighted by atomic mass is 16.5. The molecule has 0 radical (unpaired) electrons. The molecule has 0 aromatic heterocycles. The number of rotatable bonds is 1. The molecule has 1 heterocycles. The topological polar surface area (TPSA) is 41.6 Å². The second-order valence-electron chi connectivity index (χ2n) is 2.52. The SMILES string of the molecule is CC(C)N1COCNC1=O. The van der Waals surface area contributed by atoms with Gasteiger partial charge in [-0.2, -0.15) is 0 Å². The number of ether oxygens (including phenoxy) is 1. The van der Waals surface area contributed by atoms with Crippen LogP contribution < -0.4 is 5.32 Å². The zero-order valence-electron chi connectivity index (χ0n) is 6.26. The molecule has 4 nitrogen and oxygen atoms in total. The van der Waals surface area contributed by atoms with E-state index >= 15 is 0 Å². The van der Waals surface area contributed by atoms with Crippen molar-refractivity contribution in [2.24, 2.45) is 0 Å². The van der Waals surface area contributed by atoms with Crippen LogP contribution in [0.25, 0.3) is 0 Å². The molecule has 4 heteroatoms. The Bertz CT molecular complexity index is 136. The maximum absolute atomic E-state index is 11.0. The van der Waals surface area contributed by atoms with Crippen molar-refractivity contribution in [1.29, 1.82) is 0 Å². The van der Waals surface area contributed by atoms with Crippen LogP contribution in [-0.4, -0.2) is 30.4 Å². The molecule has 0 aromatic carbocycles. The van der Waals surface area contributed by atoms with Gasteiger partial charge in [-0.25, -0.2) is 4.79 Å². The number of hydrogen-bond donors (Lipinski definition) is 1. The monoisotopic (exact) mass is 144 g/mol. The van der Waals surface area contributed by atoms with Gasteiger partial charge in [0.15, 0.2) is 0 Å². The third-order valence-corrected chi connectivity index (χ3v) is 1.44. The van der Waals surface area contributed by atoms with Gasteiger partial charge >= 0.3 is 6.03 Å². The number of hydrogen-bond acceptors (Lipinski definition) is 2. The average Bonchev–Trinajstić information content (AvgIpc) is 1.88. The van der Waals surface area contributed by atoms with E-state index in [4.69, 9.17) is 4.74 Å². The minimum atomic E-state index is -0.0405. The molecule has 0 unspecified atom stereocenters. The largest absolute Gasteiger partial charge is 0.341 e. The van der Waals surface area contributed by atoms with Gasteiger partial charge in [0.25, 0.3) is 0 Å². The van der Waals surface area contributed by atoms with Crippen molar-refractivity contribution in [1.82, 2.24) is 10.2 Å². The summed E-state index contributed by atoms with van der Waals surface area (Å²) in [4.78, 5) is 12.6. The smallest absolute Gasteiger partial charge is 0.321 e. The summed E-state index contributed by atoms with van der Waals surface area (Å²) in [6, 6.07) is 0.168. The summed E-state index contributed by atoms with van der Waals surface area (Å²) < 4.78 is 5.01. The maximum Gasteiger partial charge on any atom is 0.321 e. The van der Waals surface area contributed by atoms with Gasteiger partial charge in [0.1, 0.15) is 13.5 Å². The molecular formula is C6H12N2O2. The van der Waals surface area contributed by atoms with Crippen molar-refractivity contribution in [3.63, 3.8) is 0 Å². The van der Waals surface area contributed by atoms with Crippen LogP contribution in [0.2, 0.25) is 0 Å². The van der Waals surface area contributed by atoms with Gasteiger partial charge in [0, 0.05) is 6.04 Å². The lowest BCUT2D eigenvalue weighted by molar-refractivity contribution is -0.00267. The van der Waals surface area contributed by atoms with E-state index in [1.165, 1.54) is 0 Å². The van der Waals surface area contributed by atoms with E-state index in [9.17, 15) is 4.79 Å². The molecule has 2 amide bonds. The Hall–Kier alpha value is -0.770. The second-order valence-corrected chi connectivity index (χ2v) is 2.52. The fourth-order valence-corrected chi connectivity index (χ4v) is 0.801. The van der Waals surface area contributed by atoms with Crippen molar-refractivity contribution in [3.8, 4) is 0 Å². The third kappa shape index (κ3) is 1.39. The van der Waals surface area contributed by atoms with Gasteiger partial charge in [-0.1, -0.05) is 0 Å². The van der Waals surface area contributed by atoms with Crippen LogP contribution in [0, 0.1) is 0 Å². The quantitative estimate of drug-likeness (QED) is 0.577. The Balaban J connectivity index is 2.48. The number of nitrogens with one attached hydrogen (secondary N) is 1. The molecule has 0 aromatic rings. The zero-order valence-corrected chi connectivity index (χ0v) is 6.26. The minimum absolute atomic E-state index is 0.0405. The van der Waals surface area contributed by atoms with Gasteiger partial charge in [-0.3, -0.25) is 4.90 Å². The third-order valence-electron chi connectivity index (χ3n) is 1.44. The predicted molar refractivity (Wildman–Crippen MR) is 36.3 cm³/mol. The molecule has 0 saturated carbocycles. The molecule has 0 aliphatic carbocycles. The Morgan fingerprint density at radius 2 is 2.40 bits per heavy atom. The summed E-state index contributed by atoms with van der Waals surface area (Å²) in [7, 11) is 0. The van der Waals surface area contributed by atoms with E-state index < -0.39 is 0 Å². The maximum atomic E-state index is 11.0. The molecular weight excluding hydrogens is 132 g/mol. The Morgan fingerprint density at radius 1 is 1.70 bits per heavy atom. The van der Waals surface area contributed by atoms with Crippen molar-refractivity contribution >= 4 is 6.03 Å². The fraction of sp³-hybridized carbons (Fsp3) is 0.833. The van der Waals surface area contributed by atoms with Gasteiger partial charge < -0.3 is 10.1 Å². The van der Waals surface area contributed by atoms with Crippen LogP contribution in [0.3, 0.4) is 0 Å². The van der Waals surface area contributed by atoms with Crippen LogP contribution >= 0.6 is 0 Å². The van der Waals surface area contributed by atoms with E-state index in [1.54, 1.807) is 4.90 Å². The highest BCUT2D eigenvalue weighted by Crippen LogP contribution is 2.01. The van der Waals surface area contributed by atoms with Crippen LogP contribution in [0.15, 0.2) is 0 Å². The van der Waals surface area contributed by atoms with E-state index in [0.29, 0.717) is 13.5 Å². The number of carbonyl (C=O) groups excluding carboxylic acids is 1. The molecule has 1 fully saturated rings. The van der Waals surface area contributed by atoms with Crippen LogP contribution in [0.5, 0.6) is 0 Å². The van der Waals surface area contributed by atoms with Crippen molar-refractivity contribution in [2.75, 3.05) is 13.5 Å². The average molecular weight is 144 g/mol. The number of amides is 2. The standard InChI is InChI=1S/C6H12N2O2/c1-5(2)8-4-10-3-7-6(8)9/h5H,3-4H2,1-2H3,(H,7,9). The Kier molecular flexibility index (Phi) is 2.11. The van der Waals surface area contributed by atoms with E-state index in [2.05, 4.69) is 5.32 Å². The molecule has 1 rings (SSSR count). The summed E-state index contributed by atoms with van der Waals surface area (Å²) in [5.74, 6) is 0. The zero-order chi connectivity index (χ0) is 7.56. The predicted octanol–water partition coefficient (Wildman–Crippen LogP) is 0.352. The van der Waals surface area contributed by atoms with E-state index in [0.717, 1.165) is 0 Å². The molecule has 10 heavy (non-hydrogen) atoms. The summed E-state index contributed by atoms with van der Waals surface area (Å²) in [6.45, 7) is 4.65. The highest BCUT2D eigenvalue weighted by molar-refractivity contribution is 5.74. The molecule has 1 N–H and O–H groups in total. The van der Waals surface area contributed by atoms with Crippen molar-refractivity contribution in [2.45, 2.75) is 19.9 Å². The van der Waals surface area contributed by atoms with Gasteiger partial charge in [-0.05, 0) is 13.8 Å². The minimum Gasteiger partial charge on any atom is -0.341 e. The molecule has 58 valence electrons. The summed E-state index contributed by atoms with van der Waals surface area (Å²) in [6.07, 6.45) is 0.